The Bertz CT molecular complexity index is 1590. The molecule has 0 unspecified atom stereocenters. The van der Waals surface area contributed by atoms with Gasteiger partial charge in [-0.3, -0.25) is 4.79 Å². The normalized spacial score (nSPS) is 12.5. The summed E-state index contributed by atoms with van der Waals surface area (Å²) in [6.45, 7) is 0.125. The van der Waals surface area contributed by atoms with Crippen molar-refractivity contribution >= 4 is 30.5 Å². The van der Waals surface area contributed by atoms with Crippen molar-refractivity contribution in [1.29, 1.82) is 10.5 Å². The van der Waals surface area contributed by atoms with Gasteiger partial charge in [0.15, 0.2) is 23.0 Å². The van der Waals surface area contributed by atoms with Crippen molar-refractivity contribution in [2.75, 3.05) is 27.7 Å². The van der Waals surface area contributed by atoms with Gasteiger partial charge in [-0.25, -0.2) is 9.59 Å². The first-order valence-corrected chi connectivity index (χ1v) is 13.4. The summed E-state index contributed by atoms with van der Waals surface area (Å²) in [5, 5.41) is 18.8. The molecule has 0 aliphatic carbocycles. The Labute approximate surface area is 258 Å². The van der Waals surface area contributed by atoms with Gasteiger partial charge >= 0.3 is 11.9 Å². The molecule has 0 saturated carbocycles. The molecule has 12 heteroatoms. The molecule has 45 heavy (non-hydrogen) atoms. The summed E-state index contributed by atoms with van der Waals surface area (Å²) < 4.78 is 31.7. The Morgan fingerprint density at radius 3 is 1.44 bits per heavy atom. The molecule has 0 radical (unpaired) electrons. The number of amides is 1. The molecule has 0 saturated heterocycles. The number of carbonyl (C=O) groups is 3. The standard InChI is InChI=1S/C30H20N2O8.C3H7NO/c31-13-23(9-21-5-7-25-27(11-21)39-17-37-25)29(33)35-15-19-1-2-20(4-3-19)16-36-30(34)24(14-32)10-22-6-8-26-28(12-22)40-18-38-26;1-4(2)3-5/h1-12H,15-18H2;3H,1-2H3/b23-9-,24-10-;. The van der Waals surface area contributed by atoms with Crippen molar-refractivity contribution in [3.05, 3.63) is 94.1 Å². The number of esters is 2. The van der Waals surface area contributed by atoms with Crippen LogP contribution in [0.4, 0.5) is 0 Å². The van der Waals surface area contributed by atoms with Gasteiger partial charge in [0, 0.05) is 14.1 Å². The highest BCUT2D eigenvalue weighted by molar-refractivity contribution is 5.98. The number of benzene rings is 3. The van der Waals surface area contributed by atoms with Gasteiger partial charge in [-0.05, 0) is 58.7 Å². The van der Waals surface area contributed by atoms with Crippen LogP contribution >= 0.6 is 0 Å². The van der Waals surface area contributed by atoms with Crippen LogP contribution in [0.1, 0.15) is 22.3 Å². The van der Waals surface area contributed by atoms with Gasteiger partial charge in [-0.2, -0.15) is 10.5 Å². The van der Waals surface area contributed by atoms with Gasteiger partial charge in [0.25, 0.3) is 0 Å². The summed E-state index contributed by atoms with van der Waals surface area (Å²) in [5.74, 6) is 0.733. The van der Waals surface area contributed by atoms with Crippen molar-refractivity contribution in [2.45, 2.75) is 13.2 Å². The van der Waals surface area contributed by atoms with Gasteiger partial charge in [0.1, 0.15) is 36.5 Å². The number of rotatable bonds is 9. The minimum atomic E-state index is -0.767. The number of fused-ring (bicyclic) bond motifs is 2. The number of carbonyl (C=O) groups excluding carboxylic acids is 3. The zero-order chi connectivity index (χ0) is 32.2. The maximum Gasteiger partial charge on any atom is 0.349 e. The van der Waals surface area contributed by atoms with Crippen LogP contribution in [0.25, 0.3) is 12.2 Å². The molecule has 2 aliphatic heterocycles. The Hall–Kier alpha value is -6.27. The average molecular weight is 610 g/mol. The molecule has 5 rings (SSSR count). The van der Waals surface area contributed by atoms with Crippen LogP contribution in [0, 0.1) is 22.7 Å². The molecule has 0 N–H and O–H groups in total. The fourth-order valence-electron chi connectivity index (χ4n) is 3.80. The Balaban J connectivity index is 0.000000854. The van der Waals surface area contributed by atoms with E-state index in [0.717, 1.165) is 6.41 Å². The quantitative estimate of drug-likeness (QED) is 0.149. The lowest BCUT2D eigenvalue weighted by molar-refractivity contribution is -0.140. The molecular formula is C33H27N3O9. The highest BCUT2D eigenvalue weighted by Gasteiger charge is 2.17. The summed E-state index contributed by atoms with van der Waals surface area (Å²) >= 11 is 0. The monoisotopic (exact) mass is 609 g/mol. The van der Waals surface area contributed by atoms with E-state index in [2.05, 4.69) is 0 Å². The highest BCUT2D eigenvalue weighted by Crippen LogP contribution is 2.34. The van der Waals surface area contributed by atoms with Crippen molar-refractivity contribution in [2.24, 2.45) is 0 Å². The van der Waals surface area contributed by atoms with Gasteiger partial charge in [-0.15, -0.1) is 0 Å². The molecule has 0 fully saturated rings. The third kappa shape index (κ3) is 8.86. The first-order valence-electron chi connectivity index (χ1n) is 13.4. The number of ether oxygens (including phenoxy) is 6. The molecule has 1 amide bonds. The number of nitrogens with zero attached hydrogens (tertiary/aromatic N) is 3. The summed E-state index contributed by atoms with van der Waals surface area (Å²) in [6, 6.07) is 20.7. The summed E-state index contributed by atoms with van der Waals surface area (Å²) in [4.78, 5) is 35.8. The molecule has 3 aromatic rings. The van der Waals surface area contributed by atoms with E-state index >= 15 is 0 Å². The molecule has 3 aromatic carbocycles. The van der Waals surface area contributed by atoms with E-state index in [1.165, 1.54) is 17.1 Å². The van der Waals surface area contributed by atoms with Crippen molar-refractivity contribution < 1.29 is 42.8 Å². The zero-order valence-corrected chi connectivity index (χ0v) is 24.3. The van der Waals surface area contributed by atoms with Crippen LogP contribution in [0.2, 0.25) is 0 Å². The largest absolute Gasteiger partial charge is 0.457 e. The smallest absolute Gasteiger partial charge is 0.349 e. The second-order valence-corrected chi connectivity index (χ2v) is 9.60. The minimum absolute atomic E-state index is 0.0596. The SMILES string of the molecule is CN(C)C=O.N#C/C(=C/c1ccc2c(c1)OCO2)C(=O)OCc1ccc(COC(=O)/C(C#N)=C\c2ccc3c(c2)OCO3)cc1. The minimum Gasteiger partial charge on any atom is -0.457 e. The molecular weight excluding hydrogens is 582 g/mol. The van der Waals surface area contributed by atoms with E-state index in [1.807, 2.05) is 12.1 Å². The third-order valence-electron chi connectivity index (χ3n) is 6.07. The van der Waals surface area contributed by atoms with E-state index in [1.54, 1.807) is 74.8 Å². The summed E-state index contributed by atoms with van der Waals surface area (Å²) in [5.41, 5.74) is 2.21. The van der Waals surface area contributed by atoms with Crippen molar-refractivity contribution in [3.63, 3.8) is 0 Å². The lowest BCUT2D eigenvalue weighted by Crippen LogP contribution is -2.08. The number of nitriles is 2. The average Bonchev–Trinajstić information content (AvgIpc) is 3.73. The number of hydrogen-bond acceptors (Lipinski definition) is 11. The van der Waals surface area contributed by atoms with Gasteiger partial charge in [0.2, 0.25) is 20.0 Å². The molecule has 0 aromatic heterocycles. The van der Waals surface area contributed by atoms with E-state index < -0.39 is 11.9 Å². The van der Waals surface area contributed by atoms with Crippen molar-refractivity contribution in [1.82, 2.24) is 4.90 Å². The van der Waals surface area contributed by atoms with Crippen LogP contribution < -0.4 is 18.9 Å². The first kappa shape index (κ1) is 31.7. The molecule has 12 nitrogen and oxygen atoms in total. The molecule has 228 valence electrons. The van der Waals surface area contributed by atoms with E-state index in [-0.39, 0.29) is 37.9 Å². The van der Waals surface area contributed by atoms with Gasteiger partial charge in [-0.1, -0.05) is 36.4 Å². The summed E-state index contributed by atoms with van der Waals surface area (Å²) in [6.07, 6.45) is 3.58. The Morgan fingerprint density at radius 1 is 0.711 bits per heavy atom. The maximum atomic E-state index is 12.4. The molecule has 0 atom stereocenters. The first-order chi connectivity index (χ1) is 21.8. The predicted molar refractivity (Wildman–Crippen MR) is 158 cm³/mol. The van der Waals surface area contributed by atoms with Gasteiger partial charge in [0.05, 0.1) is 0 Å². The Morgan fingerprint density at radius 2 is 1.09 bits per heavy atom. The van der Waals surface area contributed by atoms with Crippen molar-refractivity contribution in [3.8, 4) is 35.1 Å². The molecule has 2 aliphatic rings. The van der Waals surface area contributed by atoms with E-state index in [4.69, 9.17) is 28.4 Å². The Kier molecular flexibility index (Phi) is 10.7. The van der Waals surface area contributed by atoms with Crippen LogP contribution in [-0.2, 0) is 37.1 Å². The molecule has 2 heterocycles. The predicted octanol–water partition coefficient (Wildman–Crippen LogP) is 4.15. The fourth-order valence-corrected chi connectivity index (χ4v) is 3.80. The highest BCUT2D eigenvalue weighted by atomic mass is 16.7. The molecule has 0 bridgehead atoms. The van der Waals surface area contributed by atoms with Gasteiger partial charge < -0.3 is 33.3 Å². The van der Waals surface area contributed by atoms with Crippen LogP contribution in [0.15, 0.2) is 71.8 Å². The summed E-state index contributed by atoms with van der Waals surface area (Å²) in [7, 11) is 3.38. The second-order valence-electron chi connectivity index (χ2n) is 9.60. The lowest BCUT2D eigenvalue weighted by Gasteiger charge is -2.07. The zero-order valence-electron chi connectivity index (χ0n) is 24.3. The maximum absolute atomic E-state index is 12.4. The van der Waals surface area contributed by atoms with E-state index in [9.17, 15) is 24.9 Å². The molecule has 0 spiro atoms. The second kappa shape index (κ2) is 15.3. The topological polar surface area (TPSA) is 157 Å². The van der Waals surface area contributed by atoms with Crippen LogP contribution in [0.5, 0.6) is 23.0 Å². The van der Waals surface area contributed by atoms with Crippen LogP contribution in [0.3, 0.4) is 0 Å². The van der Waals surface area contributed by atoms with Crippen LogP contribution in [-0.4, -0.2) is 50.9 Å². The lowest BCUT2D eigenvalue weighted by atomic mass is 10.1. The van der Waals surface area contributed by atoms with E-state index in [0.29, 0.717) is 45.3 Å². The third-order valence-corrected chi connectivity index (χ3v) is 6.07. The number of hydrogen-bond donors (Lipinski definition) is 0. The fraction of sp³-hybridized carbons (Fsp3) is 0.182.